The van der Waals surface area contributed by atoms with Gasteiger partial charge in [-0.15, -0.1) is 0 Å². The second kappa shape index (κ2) is 9.18. The normalized spacial score (nSPS) is 12.8. The van der Waals surface area contributed by atoms with Crippen molar-refractivity contribution in [1.29, 1.82) is 0 Å². The van der Waals surface area contributed by atoms with Crippen molar-refractivity contribution in [2.24, 2.45) is 5.92 Å². The van der Waals surface area contributed by atoms with Crippen molar-refractivity contribution in [2.75, 3.05) is 5.32 Å². The molecule has 0 saturated carbocycles. The Labute approximate surface area is 152 Å². The van der Waals surface area contributed by atoms with Crippen molar-refractivity contribution in [3.05, 3.63) is 28.7 Å². The molecule has 1 aromatic rings. The number of halogens is 1. The standard InChI is InChI=1S/C18H27BrN2O3/c1-12(2)11-15(16(22)9-10-18(3,4)24)21-17(23)20-14-7-5-13(19)6-8-14/h5-8,12,15,24H,9-11H2,1-4H3,(H2,20,21,23)/t15-/m0/s1. The quantitative estimate of drug-likeness (QED) is 0.616. The fourth-order valence-corrected chi connectivity index (χ4v) is 2.47. The molecule has 1 atom stereocenters. The topological polar surface area (TPSA) is 78.4 Å². The van der Waals surface area contributed by atoms with Crippen molar-refractivity contribution in [1.82, 2.24) is 5.32 Å². The second-order valence-corrected chi connectivity index (χ2v) is 7.98. The number of urea groups is 1. The predicted octanol–water partition coefficient (Wildman–Crippen LogP) is 4.11. The van der Waals surface area contributed by atoms with Crippen LogP contribution in [0.5, 0.6) is 0 Å². The lowest BCUT2D eigenvalue weighted by atomic mass is 9.94. The Bertz CT molecular complexity index is 550. The molecule has 1 rings (SSSR count). The number of Topliss-reactive ketones (excluding diaryl/α,β-unsaturated/α-hetero) is 1. The summed E-state index contributed by atoms with van der Waals surface area (Å²) < 4.78 is 0.924. The van der Waals surface area contributed by atoms with Crippen LogP contribution in [0.2, 0.25) is 0 Å². The SMILES string of the molecule is CC(C)C[C@H](NC(=O)Nc1ccc(Br)cc1)C(=O)CCC(C)(C)O. The molecule has 24 heavy (non-hydrogen) atoms. The van der Waals surface area contributed by atoms with Gasteiger partial charge in [0.15, 0.2) is 5.78 Å². The summed E-state index contributed by atoms with van der Waals surface area (Å²) in [4.78, 5) is 24.6. The minimum absolute atomic E-state index is 0.0585. The van der Waals surface area contributed by atoms with Crippen LogP contribution in [-0.2, 0) is 4.79 Å². The number of nitrogens with one attached hydrogen (secondary N) is 2. The predicted molar refractivity (Wildman–Crippen MR) is 100 cm³/mol. The van der Waals surface area contributed by atoms with Gasteiger partial charge in [-0.05, 0) is 56.9 Å². The third kappa shape index (κ3) is 8.45. The van der Waals surface area contributed by atoms with E-state index in [0.29, 0.717) is 18.5 Å². The highest BCUT2D eigenvalue weighted by Gasteiger charge is 2.24. The van der Waals surface area contributed by atoms with Crippen molar-refractivity contribution < 1.29 is 14.7 Å². The average molecular weight is 399 g/mol. The van der Waals surface area contributed by atoms with E-state index in [2.05, 4.69) is 26.6 Å². The molecule has 1 aromatic carbocycles. The van der Waals surface area contributed by atoms with Gasteiger partial charge in [-0.2, -0.15) is 0 Å². The van der Waals surface area contributed by atoms with Crippen LogP contribution in [0.15, 0.2) is 28.7 Å². The van der Waals surface area contributed by atoms with Crippen LogP contribution in [0.4, 0.5) is 10.5 Å². The number of hydrogen-bond donors (Lipinski definition) is 3. The molecule has 0 unspecified atom stereocenters. The molecule has 5 nitrogen and oxygen atoms in total. The molecule has 0 aliphatic carbocycles. The number of rotatable bonds is 8. The lowest BCUT2D eigenvalue weighted by molar-refractivity contribution is -0.122. The van der Waals surface area contributed by atoms with Gasteiger partial charge in [0.25, 0.3) is 0 Å². The first-order valence-electron chi connectivity index (χ1n) is 8.15. The van der Waals surface area contributed by atoms with Crippen molar-refractivity contribution in [2.45, 2.75) is 58.6 Å². The van der Waals surface area contributed by atoms with Crippen molar-refractivity contribution in [3.63, 3.8) is 0 Å². The molecule has 0 fully saturated rings. The maximum absolute atomic E-state index is 12.4. The third-order valence-corrected chi connectivity index (χ3v) is 4.02. The molecular weight excluding hydrogens is 372 g/mol. The molecule has 134 valence electrons. The molecule has 0 aliphatic rings. The Morgan fingerprint density at radius 1 is 1.21 bits per heavy atom. The van der Waals surface area contributed by atoms with Gasteiger partial charge in [-0.25, -0.2) is 4.79 Å². The summed E-state index contributed by atoms with van der Waals surface area (Å²) in [5, 5.41) is 15.3. The Balaban J connectivity index is 2.65. The first-order chi connectivity index (χ1) is 11.1. The van der Waals surface area contributed by atoms with Crippen molar-refractivity contribution >= 4 is 33.4 Å². The van der Waals surface area contributed by atoms with Crippen LogP contribution in [0, 0.1) is 5.92 Å². The highest BCUT2D eigenvalue weighted by molar-refractivity contribution is 9.10. The molecule has 0 saturated heterocycles. The van der Waals surface area contributed by atoms with E-state index in [-0.39, 0.29) is 18.1 Å². The third-order valence-electron chi connectivity index (χ3n) is 3.49. The summed E-state index contributed by atoms with van der Waals surface area (Å²) in [6.45, 7) is 7.35. The fraction of sp³-hybridized carbons (Fsp3) is 0.556. The number of carbonyl (C=O) groups excluding carboxylic acids is 2. The molecule has 0 heterocycles. The maximum atomic E-state index is 12.4. The number of benzene rings is 1. The Morgan fingerprint density at radius 2 is 1.79 bits per heavy atom. The summed E-state index contributed by atoms with van der Waals surface area (Å²) in [6.07, 6.45) is 1.17. The van der Waals surface area contributed by atoms with Crippen LogP contribution in [0.3, 0.4) is 0 Å². The van der Waals surface area contributed by atoms with Crippen LogP contribution < -0.4 is 10.6 Å². The summed E-state index contributed by atoms with van der Waals surface area (Å²) in [5.74, 6) is 0.214. The minimum atomic E-state index is -0.891. The first-order valence-corrected chi connectivity index (χ1v) is 8.94. The van der Waals surface area contributed by atoms with E-state index in [1.807, 2.05) is 26.0 Å². The number of amides is 2. The maximum Gasteiger partial charge on any atom is 0.319 e. The van der Waals surface area contributed by atoms with Crippen LogP contribution in [0.25, 0.3) is 0 Å². The number of hydrogen-bond acceptors (Lipinski definition) is 3. The van der Waals surface area contributed by atoms with E-state index < -0.39 is 17.7 Å². The van der Waals surface area contributed by atoms with Crippen LogP contribution in [0.1, 0.15) is 47.0 Å². The van der Waals surface area contributed by atoms with Crippen LogP contribution in [-0.4, -0.2) is 28.6 Å². The van der Waals surface area contributed by atoms with E-state index in [9.17, 15) is 14.7 Å². The van der Waals surface area contributed by atoms with Gasteiger partial charge in [-0.3, -0.25) is 4.79 Å². The Morgan fingerprint density at radius 3 is 2.29 bits per heavy atom. The van der Waals surface area contributed by atoms with Gasteiger partial charge in [0, 0.05) is 16.6 Å². The Hall–Kier alpha value is -1.40. The Kier molecular flexibility index (Phi) is 7.90. The molecule has 3 N–H and O–H groups in total. The zero-order valence-electron chi connectivity index (χ0n) is 14.7. The zero-order chi connectivity index (χ0) is 18.3. The van der Waals surface area contributed by atoms with E-state index in [1.165, 1.54) is 0 Å². The summed E-state index contributed by atoms with van der Waals surface area (Å²) in [6, 6.07) is 6.25. The molecule has 0 aromatic heterocycles. The average Bonchev–Trinajstić information content (AvgIpc) is 2.45. The molecule has 2 amide bonds. The monoisotopic (exact) mass is 398 g/mol. The fourth-order valence-electron chi connectivity index (χ4n) is 2.20. The van der Waals surface area contributed by atoms with Gasteiger partial charge in [0.05, 0.1) is 11.6 Å². The molecule has 0 bridgehead atoms. The lowest BCUT2D eigenvalue weighted by Crippen LogP contribution is -2.44. The second-order valence-electron chi connectivity index (χ2n) is 7.07. The lowest BCUT2D eigenvalue weighted by Gasteiger charge is -2.22. The first kappa shape index (κ1) is 20.6. The van der Waals surface area contributed by atoms with Gasteiger partial charge < -0.3 is 15.7 Å². The van der Waals surface area contributed by atoms with Gasteiger partial charge >= 0.3 is 6.03 Å². The largest absolute Gasteiger partial charge is 0.390 e. The van der Waals surface area contributed by atoms with Gasteiger partial charge in [-0.1, -0.05) is 29.8 Å². The summed E-state index contributed by atoms with van der Waals surface area (Å²) >= 11 is 3.34. The highest BCUT2D eigenvalue weighted by atomic mass is 79.9. The molecular formula is C18H27BrN2O3. The number of ketones is 1. The van der Waals surface area contributed by atoms with Crippen LogP contribution >= 0.6 is 15.9 Å². The van der Waals surface area contributed by atoms with E-state index >= 15 is 0 Å². The van der Waals surface area contributed by atoms with Gasteiger partial charge in [0.1, 0.15) is 0 Å². The van der Waals surface area contributed by atoms with E-state index in [1.54, 1.807) is 26.0 Å². The molecule has 6 heteroatoms. The molecule has 0 aliphatic heterocycles. The minimum Gasteiger partial charge on any atom is -0.390 e. The van der Waals surface area contributed by atoms with Crippen molar-refractivity contribution in [3.8, 4) is 0 Å². The van der Waals surface area contributed by atoms with E-state index in [0.717, 1.165) is 4.47 Å². The van der Waals surface area contributed by atoms with Gasteiger partial charge in [0.2, 0.25) is 0 Å². The smallest absolute Gasteiger partial charge is 0.319 e. The molecule has 0 radical (unpaired) electrons. The highest BCUT2D eigenvalue weighted by Crippen LogP contribution is 2.16. The molecule has 0 spiro atoms. The number of carbonyl (C=O) groups is 2. The summed E-state index contributed by atoms with van der Waals surface area (Å²) in [5.41, 5.74) is -0.236. The number of aliphatic hydroxyl groups is 1. The number of anilines is 1. The summed E-state index contributed by atoms with van der Waals surface area (Å²) in [7, 11) is 0. The zero-order valence-corrected chi connectivity index (χ0v) is 16.3. The van der Waals surface area contributed by atoms with E-state index in [4.69, 9.17) is 0 Å².